The lowest BCUT2D eigenvalue weighted by atomic mass is 9.84. The van der Waals surface area contributed by atoms with Gasteiger partial charge in [0.25, 0.3) is 5.91 Å². The lowest BCUT2D eigenvalue weighted by molar-refractivity contribution is -0.132. The smallest absolute Gasteiger partial charge is 0.273 e. The largest absolute Gasteiger partial charge is 0.446 e. The molecule has 0 aliphatic heterocycles. The lowest BCUT2D eigenvalue weighted by Crippen LogP contribution is -2.32. The fourth-order valence-electron chi connectivity index (χ4n) is 2.86. The third-order valence-electron chi connectivity index (χ3n) is 3.70. The van der Waals surface area contributed by atoms with Crippen molar-refractivity contribution < 1.29 is 14.0 Å². The molecule has 0 aliphatic rings. The first-order valence-corrected chi connectivity index (χ1v) is 8.88. The van der Waals surface area contributed by atoms with E-state index in [1.807, 2.05) is 0 Å². The van der Waals surface area contributed by atoms with Crippen LogP contribution in [0, 0.1) is 11.3 Å². The summed E-state index contributed by atoms with van der Waals surface area (Å²) in [5, 5.41) is 2.63. The molecule has 1 atom stereocenters. The van der Waals surface area contributed by atoms with Gasteiger partial charge in [-0.15, -0.1) is 13.2 Å². The lowest BCUT2D eigenvalue weighted by Gasteiger charge is -2.25. The average Bonchev–Trinajstić information content (AvgIpc) is 2.98. The minimum atomic E-state index is -0.333. The van der Waals surface area contributed by atoms with Crippen LogP contribution in [0.15, 0.2) is 36.0 Å². The minimum absolute atomic E-state index is 0.0255. The van der Waals surface area contributed by atoms with E-state index in [0.717, 1.165) is 6.42 Å². The zero-order valence-corrected chi connectivity index (χ0v) is 16.4. The predicted molar refractivity (Wildman–Crippen MR) is 103 cm³/mol. The molecule has 0 aromatic carbocycles. The molecule has 144 valence electrons. The Labute approximate surface area is 156 Å². The summed E-state index contributed by atoms with van der Waals surface area (Å²) in [6.45, 7) is 16.8. The van der Waals surface area contributed by atoms with Gasteiger partial charge in [-0.1, -0.05) is 39.8 Å². The molecule has 0 aliphatic carbocycles. The summed E-state index contributed by atoms with van der Waals surface area (Å²) in [6, 6.07) is 0. The van der Waals surface area contributed by atoms with Gasteiger partial charge in [-0.2, -0.15) is 0 Å². The second-order valence-electron chi connectivity index (χ2n) is 7.76. The van der Waals surface area contributed by atoms with Gasteiger partial charge in [-0.3, -0.25) is 9.59 Å². The zero-order valence-electron chi connectivity index (χ0n) is 16.4. The molecule has 6 nitrogen and oxygen atoms in total. The van der Waals surface area contributed by atoms with Crippen molar-refractivity contribution in [2.45, 2.75) is 47.1 Å². The van der Waals surface area contributed by atoms with Crippen molar-refractivity contribution in [3.05, 3.63) is 43.2 Å². The van der Waals surface area contributed by atoms with Crippen molar-refractivity contribution in [1.82, 2.24) is 15.2 Å². The topological polar surface area (TPSA) is 75.4 Å². The molecule has 0 unspecified atom stereocenters. The standard InChI is InChI=1S/C20H31N3O3/c1-7-9-21-19(25)16-14-26-17(22-16)13-23(10-8-2)18(24)11-15(3)12-20(4,5)6/h7-8,14-15H,1-2,9-13H2,3-6H3,(H,21,25)/t15-/m0/s1. The number of hydrogen-bond acceptors (Lipinski definition) is 4. The van der Waals surface area contributed by atoms with Gasteiger partial charge in [0.1, 0.15) is 6.26 Å². The number of hydrogen-bond donors (Lipinski definition) is 1. The van der Waals surface area contributed by atoms with E-state index >= 15 is 0 Å². The molecule has 2 amide bonds. The number of amides is 2. The van der Waals surface area contributed by atoms with E-state index in [1.54, 1.807) is 17.1 Å². The van der Waals surface area contributed by atoms with E-state index in [4.69, 9.17) is 4.42 Å². The molecule has 1 N–H and O–H groups in total. The predicted octanol–water partition coefficient (Wildman–Crippen LogP) is 3.57. The van der Waals surface area contributed by atoms with Gasteiger partial charge in [0.05, 0.1) is 6.54 Å². The van der Waals surface area contributed by atoms with Crippen LogP contribution in [0.1, 0.15) is 56.9 Å². The first-order valence-electron chi connectivity index (χ1n) is 8.88. The molecule has 1 heterocycles. The maximum absolute atomic E-state index is 12.6. The van der Waals surface area contributed by atoms with Crippen LogP contribution in [0.2, 0.25) is 0 Å². The van der Waals surface area contributed by atoms with Gasteiger partial charge in [-0.25, -0.2) is 4.98 Å². The molecule has 1 aromatic rings. The molecule has 0 spiro atoms. The normalized spacial score (nSPS) is 12.3. The minimum Gasteiger partial charge on any atom is -0.446 e. The molecule has 26 heavy (non-hydrogen) atoms. The van der Waals surface area contributed by atoms with E-state index in [1.165, 1.54) is 6.26 Å². The Hall–Kier alpha value is -2.37. The fourth-order valence-corrected chi connectivity index (χ4v) is 2.86. The van der Waals surface area contributed by atoms with Crippen molar-refractivity contribution >= 4 is 11.8 Å². The molecule has 0 bridgehead atoms. The van der Waals surface area contributed by atoms with E-state index < -0.39 is 0 Å². The molecule has 0 saturated carbocycles. The van der Waals surface area contributed by atoms with Crippen LogP contribution in [0.5, 0.6) is 0 Å². The molecule has 6 heteroatoms. The van der Waals surface area contributed by atoms with Gasteiger partial charge in [-0.05, 0) is 17.8 Å². The third kappa shape index (κ3) is 7.68. The second kappa shape index (κ2) is 9.94. The van der Waals surface area contributed by atoms with Crippen LogP contribution in [-0.2, 0) is 11.3 Å². The maximum Gasteiger partial charge on any atom is 0.273 e. The molecule has 0 fully saturated rings. The van der Waals surface area contributed by atoms with Crippen LogP contribution in [0.25, 0.3) is 0 Å². The van der Waals surface area contributed by atoms with E-state index in [0.29, 0.717) is 25.4 Å². The Morgan fingerprint density at radius 3 is 2.62 bits per heavy atom. The highest BCUT2D eigenvalue weighted by Gasteiger charge is 2.22. The van der Waals surface area contributed by atoms with Crippen LogP contribution in [0.4, 0.5) is 0 Å². The number of aromatic nitrogens is 1. The van der Waals surface area contributed by atoms with Crippen LogP contribution >= 0.6 is 0 Å². The van der Waals surface area contributed by atoms with Crippen molar-refractivity contribution in [3.8, 4) is 0 Å². The Kier molecular flexibility index (Phi) is 8.29. The fraction of sp³-hybridized carbons (Fsp3) is 0.550. The molecule has 0 saturated heterocycles. The molecule has 1 rings (SSSR count). The van der Waals surface area contributed by atoms with Crippen molar-refractivity contribution in [3.63, 3.8) is 0 Å². The highest BCUT2D eigenvalue weighted by Crippen LogP contribution is 2.26. The Morgan fingerprint density at radius 2 is 2.04 bits per heavy atom. The summed E-state index contributed by atoms with van der Waals surface area (Å²) in [5.74, 6) is 0.296. The summed E-state index contributed by atoms with van der Waals surface area (Å²) in [7, 11) is 0. The maximum atomic E-state index is 12.6. The van der Waals surface area contributed by atoms with E-state index in [9.17, 15) is 9.59 Å². The Bertz CT molecular complexity index is 628. The summed E-state index contributed by atoms with van der Waals surface area (Å²) in [4.78, 5) is 30.3. The number of rotatable bonds is 10. The Balaban J connectivity index is 2.71. The SMILES string of the molecule is C=CCNC(=O)c1coc(CN(CC=C)C(=O)C[C@H](C)CC(C)(C)C)n1. The van der Waals surface area contributed by atoms with E-state index in [2.05, 4.69) is 51.2 Å². The van der Waals surface area contributed by atoms with Gasteiger partial charge < -0.3 is 14.6 Å². The first kappa shape index (κ1) is 21.7. The highest BCUT2D eigenvalue weighted by molar-refractivity contribution is 5.91. The third-order valence-corrected chi connectivity index (χ3v) is 3.70. The van der Waals surface area contributed by atoms with Crippen molar-refractivity contribution in [1.29, 1.82) is 0 Å². The van der Waals surface area contributed by atoms with Crippen molar-refractivity contribution in [2.75, 3.05) is 13.1 Å². The average molecular weight is 361 g/mol. The van der Waals surface area contributed by atoms with E-state index in [-0.39, 0.29) is 35.4 Å². The van der Waals surface area contributed by atoms with Crippen LogP contribution < -0.4 is 5.32 Å². The van der Waals surface area contributed by atoms with Crippen LogP contribution in [0.3, 0.4) is 0 Å². The summed E-state index contributed by atoms with van der Waals surface area (Å²) in [5.41, 5.74) is 0.369. The highest BCUT2D eigenvalue weighted by atomic mass is 16.3. The molecule has 0 radical (unpaired) electrons. The number of nitrogens with one attached hydrogen (secondary N) is 1. The van der Waals surface area contributed by atoms with Gasteiger partial charge in [0.15, 0.2) is 5.69 Å². The summed E-state index contributed by atoms with van der Waals surface area (Å²) < 4.78 is 5.35. The number of nitrogens with zero attached hydrogens (tertiary/aromatic N) is 2. The second-order valence-corrected chi connectivity index (χ2v) is 7.76. The molecule has 1 aromatic heterocycles. The van der Waals surface area contributed by atoms with Gasteiger partial charge in [0, 0.05) is 19.5 Å². The Morgan fingerprint density at radius 1 is 1.35 bits per heavy atom. The monoisotopic (exact) mass is 361 g/mol. The number of oxazole rings is 1. The number of carbonyl (C=O) groups is 2. The first-order chi connectivity index (χ1) is 12.2. The number of carbonyl (C=O) groups excluding carboxylic acids is 2. The van der Waals surface area contributed by atoms with Crippen LogP contribution in [-0.4, -0.2) is 34.8 Å². The molecular formula is C20H31N3O3. The molecular weight excluding hydrogens is 330 g/mol. The quantitative estimate of drug-likeness (QED) is 0.647. The summed E-state index contributed by atoms with van der Waals surface area (Å²) in [6.07, 6.45) is 5.98. The summed E-state index contributed by atoms with van der Waals surface area (Å²) >= 11 is 0. The van der Waals surface area contributed by atoms with Gasteiger partial charge in [0.2, 0.25) is 11.8 Å². The van der Waals surface area contributed by atoms with Crippen molar-refractivity contribution in [2.24, 2.45) is 11.3 Å². The van der Waals surface area contributed by atoms with Gasteiger partial charge >= 0.3 is 0 Å². The zero-order chi connectivity index (χ0) is 19.7.